The highest BCUT2D eigenvalue weighted by Gasteiger charge is 2.12. The van der Waals surface area contributed by atoms with Crippen LogP contribution < -0.4 is 5.32 Å². The van der Waals surface area contributed by atoms with Crippen molar-refractivity contribution in [2.45, 2.75) is 0 Å². The quantitative estimate of drug-likeness (QED) is 0.803. The topological polar surface area (TPSA) is 67.0 Å². The van der Waals surface area contributed by atoms with Crippen LogP contribution in [0.2, 0.25) is 0 Å². The molecule has 1 aromatic carbocycles. The number of nitrogens with one attached hydrogen (secondary N) is 2. The molecule has 0 unspecified atom stereocenters. The lowest BCUT2D eigenvalue weighted by Crippen LogP contribution is -2.04. The molecule has 0 aliphatic rings. The van der Waals surface area contributed by atoms with E-state index in [0.29, 0.717) is 5.56 Å². The van der Waals surface area contributed by atoms with Crippen molar-refractivity contribution in [2.24, 2.45) is 0 Å². The number of aromatic nitrogens is 2. The highest BCUT2D eigenvalue weighted by atomic mass is 16.5. The fourth-order valence-electron chi connectivity index (χ4n) is 1.76. The van der Waals surface area contributed by atoms with E-state index in [-0.39, 0.29) is 5.97 Å². The Morgan fingerprint density at radius 1 is 1.56 bits per heavy atom. The molecule has 0 atom stereocenters. The summed E-state index contributed by atoms with van der Waals surface area (Å²) in [5, 5.41) is 10.6. The number of aromatic amines is 1. The van der Waals surface area contributed by atoms with Crippen molar-refractivity contribution < 1.29 is 9.53 Å². The summed E-state index contributed by atoms with van der Waals surface area (Å²) < 4.78 is 4.78. The van der Waals surface area contributed by atoms with Gasteiger partial charge in [-0.15, -0.1) is 0 Å². The van der Waals surface area contributed by atoms with Crippen molar-refractivity contribution in [1.29, 1.82) is 0 Å². The number of methoxy groups -OCH3 is 1. The average Bonchev–Trinajstić information content (AvgIpc) is 2.85. The predicted molar refractivity (Wildman–Crippen MR) is 70.4 cm³/mol. The maximum absolute atomic E-state index is 11.7. The number of rotatable bonds is 4. The lowest BCUT2D eigenvalue weighted by atomic mass is 10.1. The molecule has 0 bridgehead atoms. The van der Waals surface area contributed by atoms with Gasteiger partial charge in [0.05, 0.1) is 24.4 Å². The number of hydrogen-bond donors (Lipinski definition) is 2. The number of nitrogens with zero attached hydrogens (tertiary/aromatic N) is 1. The van der Waals surface area contributed by atoms with Gasteiger partial charge in [-0.2, -0.15) is 5.10 Å². The van der Waals surface area contributed by atoms with Crippen molar-refractivity contribution >= 4 is 22.9 Å². The molecule has 5 nitrogen and oxygen atoms in total. The number of ether oxygens (including phenoxy) is 1. The van der Waals surface area contributed by atoms with Gasteiger partial charge in [-0.1, -0.05) is 12.2 Å². The summed E-state index contributed by atoms with van der Waals surface area (Å²) in [5.41, 5.74) is 2.28. The number of benzene rings is 1. The summed E-state index contributed by atoms with van der Waals surface area (Å²) in [6.45, 7) is 0.772. The van der Waals surface area contributed by atoms with Crippen LogP contribution in [0.15, 0.2) is 24.4 Å². The molecule has 0 aliphatic heterocycles. The fourth-order valence-corrected chi connectivity index (χ4v) is 1.76. The highest BCUT2D eigenvalue weighted by molar-refractivity contribution is 6.04. The minimum absolute atomic E-state index is 0.356. The number of esters is 1. The standard InChI is InChI=1S/C13H15N3O2/c1-14-5-3-4-9-6-10(13(17)18-2)11-8-15-16-12(11)7-9/h3-4,6-8,14H,5H2,1-2H3,(H,15,16). The van der Waals surface area contributed by atoms with Gasteiger partial charge in [0.1, 0.15) is 0 Å². The fraction of sp³-hybridized carbons (Fsp3) is 0.231. The van der Waals surface area contributed by atoms with E-state index in [0.717, 1.165) is 23.0 Å². The van der Waals surface area contributed by atoms with E-state index in [9.17, 15) is 4.79 Å². The summed E-state index contributed by atoms with van der Waals surface area (Å²) in [6, 6.07) is 3.75. The summed E-state index contributed by atoms with van der Waals surface area (Å²) in [5.74, 6) is -0.356. The van der Waals surface area contributed by atoms with Crippen molar-refractivity contribution in [2.75, 3.05) is 20.7 Å². The predicted octanol–water partition coefficient (Wildman–Crippen LogP) is 1.58. The van der Waals surface area contributed by atoms with Crippen LogP contribution in [0.5, 0.6) is 0 Å². The van der Waals surface area contributed by atoms with E-state index in [4.69, 9.17) is 4.74 Å². The van der Waals surface area contributed by atoms with Gasteiger partial charge in [-0.25, -0.2) is 4.79 Å². The monoisotopic (exact) mass is 245 g/mol. The van der Waals surface area contributed by atoms with Crippen LogP contribution in [0.1, 0.15) is 15.9 Å². The molecular weight excluding hydrogens is 230 g/mol. The van der Waals surface area contributed by atoms with Gasteiger partial charge >= 0.3 is 5.97 Å². The van der Waals surface area contributed by atoms with Crippen LogP contribution in [0.25, 0.3) is 17.0 Å². The van der Waals surface area contributed by atoms with Crippen molar-refractivity contribution in [1.82, 2.24) is 15.5 Å². The Hall–Kier alpha value is -2.14. The second-order valence-electron chi connectivity index (χ2n) is 3.85. The molecular formula is C13H15N3O2. The molecule has 0 radical (unpaired) electrons. The van der Waals surface area contributed by atoms with Crippen molar-refractivity contribution in [3.05, 3.63) is 35.5 Å². The minimum Gasteiger partial charge on any atom is -0.465 e. The first-order chi connectivity index (χ1) is 8.76. The Kier molecular flexibility index (Phi) is 3.74. The second-order valence-corrected chi connectivity index (χ2v) is 3.85. The molecule has 2 rings (SSSR count). The zero-order chi connectivity index (χ0) is 13.0. The molecule has 0 aliphatic carbocycles. The molecule has 0 spiro atoms. The van der Waals surface area contributed by atoms with E-state index in [1.165, 1.54) is 7.11 Å². The molecule has 94 valence electrons. The van der Waals surface area contributed by atoms with Crippen LogP contribution >= 0.6 is 0 Å². The minimum atomic E-state index is -0.356. The zero-order valence-electron chi connectivity index (χ0n) is 10.4. The molecule has 0 fully saturated rings. The normalized spacial score (nSPS) is 11.2. The van der Waals surface area contributed by atoms with E-state index in [1.807, 2.05) is 25.3 Å². The first-order valence-corrected chi connectivity index (χ1v) is 5.63. The van der Waals surface area contributed by atoms with E-state index >= 15 is 0 Å². The molecule has 1 aromatic heterocycles. The molecule has 1 heterocycles. The van der Waals surface area contributed by atoms with Gasteiger partial charge in [-0.3, -0.25) is 5.10 Å². The van der Waals surface area contributed by atoms with Crippen LogP contribution in [0, 0.1) is 0 Å². The molecule has 0 amide bonds. The smallest absolute Gasteiger partial charge is 0.338 e. The van der Waals surface area contributed by atoms with Crippen LogP contribution in [-0.4, -0.2) is 36.9 Å². The Labute approximate surface area is 105 Å². The maximum atomic E-state index is 11.7. The highest BCUT2D eigenvalue weighted by Crippen LogP contribution is 2.20. The lowest BCUT2D eigenvalue weighted by molar-refractivity contribution is 0.0603. The Morgan fingerprint density at radius 2 is 2.39 bits per heavy atom. The Balaban J connectivity index is 2.47. The average molecular weight is 245 g/mol. The zero-order valence-corrected chi connectivity index (χ0v) is 10.4. The van der Waals surface area contributed by atoms with Gasteiger partial charge in [-0.05, 0) is 24.7 Å². The van der Waals surface area contributed by atoms with Gasteiger partial charge < -0.3 is 10.1 Å². The number of carbonyl (C=O) groups is 1. The third-order valence-electron chi connectivity index (χ3n) is 2.62. The van der Waals surface area contributed by atoms with E-state index in [1.54, 1.807) is 12.3 Å². The number of likely N-dealkylation sites (N-methyl/N-ethyl adjacent to an activating group) is 1. The van der Waals surface area contributed by atoms with Crippen LogP contribution in [0.3, 0.4) is 0 Å². The largest absolute Gasteiger partial charge is 0.465 e. The lowest BCUT2D eigenvalue weighted by Gasteiger charge is -2.03. The third kappa shape index (κ3) is 2.41. The molecule has 18 heavy (non-hydrogen) atoms. The van der Waals surface area contributed by atoms with Gasteiger partial charge in [0.2, 0.25) is 0 Å². The third-order valence-corrected chi connectivity index (χ3v) is 2.62. The van der Waals surface area contributed by atoms with Crippen LogP contribution in [0.4, 0.5) is 0 Å². The molecule has 5 heteroatoms. The summed E-state index contributed by atoms with van der Waals surface area (Å²) in [6.07, 6.45) is 5.56. The second kappa shape index (κ2) is 5.46. The van der Waals surface area contributed by atoms with Gasteiger partial charge in [0.25, 0.3) is 0 Å². The first-order valence-electron chi connectivity index (χ1n) is 5.63. The summed E-state index contributed by atoms with van der Waals surface area (Å²) in [7, 11) is 3.25. The number of carbonyl (C=O) groups excluding carboxylic acids is 1. The van der Waals surface area contributed by atoms with Crippen molar-refractivity contribution in [3.63, 3.8) is 0 Å². The maximum Gasteiger partial charge on any atom is 0.338 e. The SMILES string of the molecule is CNCC=Cc1cc(C(=O)OC)c2cn[nH]c2c1. The van der Waals surface area contributed by atoms with E-state index in [2.05, 4.69) is 15.5 Å². The molecule has 2 aromatic rings. The number of H-pyrrole nitrogens is 1. The van der Waals surface area contributed by atoms with Gasteiger partial charge in [0, 0.05) is 11.9 Å². The Bertz CT molecular complexity index is 587. The van der Waals surface area contributed by atoms with Gasteiger partial charge in [0.15, 0.2) is 0 Å². The number of hydrogen-bond acceptors (Lipinski definition) is 4. The Morgan fingerprint density at radius 3 is 3.11 bits per heavy atom. The molecule has 0 saturated carbocycles. The molecule has 2 N–H and O–H groups in total. The first kappa shape index (κ1) is 12.3. The van der Waals surface area contributed by atoms with Crippen molar-refractivity contribution in [3.8, 4) is 0 Å². The summed E-state index contributed by atoms with van der Waals surface area (Å²) in [4.78, 5) is 11.7. The van der Waals surface area contributed by atoms with Crippen LogP contribution in [-0.2, 0) is 4.74 Å². The number of fused-ring (bicyclic) bond motifs is 1. The molecule has 0 saturated heterocycles. The summed E-state index contributed by atoms with van der Waals surface area (Å²) >= 11 is 0. The van der Waals surface area contributed by atoms with E-state index < -0.39 is 0 Å².